The fourth-order valence-electron chi connectivity index (χ4n) is 2.63. The zero-order valence-electron chi connectivity index (χ0n) is 11.8. The summed E-state index contributed by atoms with van der Waals surface area (Å²) in [5.41, 5.74) is 5.77. The third-order valence-corrected chi connectivity index (χ3v) is 5.70. The van der Waals surface area contributed by atoms with Crippen LogP contribution in [0, 0.1) is 10.1 Å². The Balaban J connectivity index is 2.33. The molecule has 1 heterocycles. The second kappa shape index (κ2) is 6.08. The van der Waals surface area contributed by atoms with E-state index in [1.807, 2.05) is 0 Å². The van der Waals surface area contributed by atoms with E-state index in [0.29, 0.717) is 6.54 Å². The normalized spacial score (nSPS) is 21.9. The van der Waals surface area contributed by atoms with Crippen LogP contribution in [0.4, 0.5) is 5.69 Å². The monoisotopic (exact) mass is 313 g/mol. The molecule has 0 radical (unpaired) electrons. The number of non-ortho nitro benzene ring substituents is 1. The number of piperidine rings is 1. The molecule has 1 saturated heterocycles. The highest BCUT2D eigenvalue weighted by Crippen LogP contribution is 2.27. The van der Waals surface area contributed by atoms with E-state index in [1.54, 1.807) is 6.92 Å². The molecule has 0 aliphatic carbocycles. The molecule has 2 atom stereocenters. The van der Waals surface area contributed by atoms with Gasteiger partial charge in [-0.05, 0) is 31.9 Å². The number of hydrogen-bond acceptors (Lipinski definition) is 5. The van der Waals surface area contributed by atoms with Crippen LogP contribution in [-0.2, 0) is 10.0 Å². The lowest BCUT2D eigenvalue weighted by atomic mass is 10.00. The topological polar surface area (TPSA) is 107 Å². The average molecular weight is 313 g/mol. The zero-order valence-corrected chi connectivity index (χ0v) is 12.6. The van der Waals surface area contributed by atoms with Gasteiger partial charge in [0, 0.05) is 30.8 Å². The summed E-state index contributed by atoms with van der Waals surface area (Å²) in [6.07, 6.45) is 2.50. The molecule has 1 aliphatic heterocycles. The first-order valence-electron chi connectivity index (χ1n) is 6.86. The Bertz CT molecular complexity index is 613. The highest BCUT2D eigenvalue weighted by molar-refractivity contribution is 7.89. The van der Waals surface area contributed by atoms with Crippen molar-refractivity contribution in [3.63, 3.8) is 0 Å². The maximum atomic E-state index is 12.7. The predicted octanol–water partition coefficient (Wildman–Crippen LogP) is 1.49. The van der Waals surface area contributed by atoms with Crippen molar-refractivity contribution in [2.24, 2.45) is 5.73 Å². The van der Waals surface area contributed by atoms with Gasteiger partial charge < -0.3 is 5.73 Å². The Kier molecular flexibility index (Phi) is 4.60. The number of rotatable bonds is 4. The molecule has 0 spiro atoms. The SMILES string of the molecule is C[C@H](N)[C@@H]1CCCCN1S(=O)(=O)c1ccc([N+](=O)[O-])cc1. The Hall–Kier alpha value is -1.51. The Morgan fingerprint density at radius 2 is 1.95 bits per heavy atom. The molecule has 1 fully saturated rings. The molecule has 0 aromatic heterocycles. The third-order valence-electron chi connectivity index (χ3n) is 3.76. The molecule has 0 saturated carbocycles. The first kappa shape index (κ1) is 15.9. The largest absolute Gasteiger partial charge is 0.326 e. The zero-order chi connectivity index (χ0) is 15.6. The summed E-state index contributed by atoms with van der Waals surface area (Å²) in [5.74, 6) is 0. The number of benzene rings is 1. The first-order chi connectivity index (χ1) is 9.84. The second-order valence-electron chi connectivity index (χ2n) is 5.29. The van der Waals surface area contributed by atoms with Crippen molar-refractivity contribution in [2.75, 3.05) is 6.54 Å². The summed E-state index contributed by atoms with van der Waals surface area (Å²) < 4.78 is 26.8. The molecule has 7 nitrogen and oxygen atoms in total. The van der Waals surface area contributed by atoms with Crippen molar-refractivity contribution >= 4 is 15.7 Å². The second-order valence-corrected chi connectivity index (χ2v) is 7.18. The number of nitrogens with zero attached hydrogens (tertiary/aromatic N) is 2. The number of nitrogens with two attached hydrogens (primary N) is 1. The van der Waals surface area contributed by atoms with Gasteiger partial charge in [0.25, 0.3) is 5.69 Å². The summed E-state index contributed by atoms with van der Waals surface area (Å²) in [5, 5.41) is 10.6. The van der Waals surface area contributed by atoms with Crippen molar-refractivity contribution in [3.8, 4) is 0 Å². The van der Waals surface area contributed by atoms with Gasteiger partial charge in [0.05, 0.1) is 9.82 Å². The highest BCUT2D eigenvalue weighted by Gasteiger charge is 2.35. The van der Waals surface area contributed by atoms with Gasteiger partial charge in [-0.25, -0.2) is 8.42 Å². The summed E-state index contributed by atoms with van der Waals surface area (Å²) >= 11 is 0. The minimum absolute atomic E-state index is 0.0700. The van der Waals surface area contributed by atoms with E-state index in [1.165, 1.54) is 28.6 Å². The van der Waals surface area contributed by atoms with Gasteiger partial charge in [-0.1, -0.05) is 6.42 Å². The van der Waals surface area contributed by atoms with Crippen LogP contribution in [0.2, 0.25) is 0 Å². The van der Waals surface area contributed by atoms with Gasteiger partial charge in [-0.3, -0.25) is 10.1 Å². The number of nitro groups is 1. The first-order valence-corrected chi connectivity index (χ1v) is 8.30. The van der Waals surface area contributed by atoms with Gasteiger partial charge in [0.15, 0.2) is 0 Å². The van der Waals surface area contributed by atoms with Crippen molar-refractivity contribution in [1.82, 2.24) is 4.31 Å². The van der Waals surface area contributed by atoms with Crippen LogP contribution in [-0.4, -0.2) is 36.3 Å². The smallest absolute Gasteiger partial charge is 0.269 e. The van der Waals surface area contributed by atoms with Crippen LogP contribution in [0.15, 0.2) is 29.2 Å². The maximum Gasteiger partial charge on any atom is 0.269 e. The summed E-state index contributed by atoms with van der Waals surface area (Å²) in [4.78, 5) is 10.2. The fraction of sp³-hybridized carbons (Fsp3) is 0.538. The molecule has 21 heavy (non-hydrogen) atoms. The summed E-state index contributed by atoms with van der Waals surface area (Å²) in [6, 6.07) is 4.49. The molecule has 2 rings (SSSR count). The predicted molar refractivity (Wildman–Crippen MR) is 78.3 cm³/mol. The van der Waals surface area contributed by atoms with Gasteiger partial charge in [-0.2, -0.15) is 4.31 Å². The maximum absolute atomic E-state index is 12.7. The van der Waals surface area contributed by atoms with Gasteiger partial charge >= 0.3 is 0 Å². The van der Waals surface area contributed by atoms with E-state index in [-0.39, 0.29) is 22.7 Å². The third kappa shape index (κ3) is 3.22. The van der Waals surface area contributed by atoms with Crippen LogP contribution in [0.3, 0.4) is 0 Å². The minimum Gasteiger partial charge on any atom is -0.326 e. The van der Waals surface area contributed by atoms with Crippen LogP contribution in [0.5, 0.6) is 0 Å². The lowest BCUT2D eigenvalue weighted by Crippen LogP contribution is -2.51. The van der Waals surface area contributed by atoms with Crippen LogP contribution < -0.4 is 5.73 Å². The van der Waals surface area contributed by atoms with Crippen molar-refractivity contribution < 1.29 is 13.3 Å². The van der Waals surface area contributed by atoms with E-state index in [9.17, 15) is 18.5 Å². The quantitative estimate of drug-likeness (QED) is 0.669. The lowest BCUT2D eigenvalue weighted by molar-refractivity contribution is -0.384. The molecule has 116 valence electrons. The standard InChI is InChI=1S/C13H19N3O4S/c1-10(14)13-4-2-3-9-15(13)21(19,20)12-7-5-11(6-8-12)16(17)18/h5-8,10,13H,2-4,9,14H2,1H3/t10-,13-/m0/s1. The summed E-state index contributed by atoms with van der Waals surface area (Å²) in [6.45, 7) is 2.24. The molecule has 8 heteroatoms. The minimum atomic E-state index is -3.67. The Labute approximate surface area is 123 Å². The van der Waals surface area contributed by atoms with E-state index in [4.69, 9.17) is 5.73 Å². The molecule has 0 amide bonds. The molecule has 0 unspecified atom stereocenters. The van der Waals surface area contributed by atoms with Crippen molar-refractivity contribution in [3.05, 3.63) is 34.4 Å². The average Bonchev–Trinajstić information content (AvgIpc) is 2.47. The summed E-state index contributed by atoms with van der Waals surface area (Å²) in [7, 11) is -3.67. The van der Waals surface area contributed by atoms with Crippen molar-refractivity contribution in [2.45, 2.75) is 43.2 Å². The highest BCUT2D eigenvalue weighted by atomic mass is 32.2. The van der Waals surface area contributed by atoms with E-state index >= 15 is 0 Å². The van der Waals surface area contributed by atoms with Gasteiger partial charge in [0.2, 0.25) is 10.0 Å². The molecular weight excluding hydrogens is 294 g/mol. The molecule has 1 aromatic carbocycles. The molecule has 2 N–H and O–H groups in total. The van der Waals surface area contributed by atoms with Crippen molar-refractivity contribution in [1.29, 1.82) is 0 Å². The van der Waals surface area contributed by atoms with Gasteiger partial charge in [0.1, 0.15) is 0 Å². The molecular formula is C13H19N3O4S. The van der Waals surface area contributed by atoms with E-state index in [0.717, 1.165) is 19.3 Å². The van der Waals surface area contributed by atoms with E-state index < -0.39 is 14.9 Å². The Morgan fingerprint density at radius 3 is 2.48 bits per heavy atom. The van der Waals surface area contributed by atoms with Gasteiger partial charge in [-0.15, -0.1) is 0 Å². The fourth-order valence-corrected chi connectivity index (χ4v) is 4.40. The number of nitro benzene ring substituents is 1. The number of hydrogen-bond donors (Lipinski definition) is 1. The van der Waals surface area contributed by atoms with Crippen LogP contribution >= 0.6 is 0 Å². The molecule has 0 bridgehead atoms. The molecule has 1 aliphatic rings. The van der Waals surface area contributed by atoms with Crippen LogP contribution in [0.25, 0.3) is 0 Å². The van der Waals surface area contributed by atoms with E-state index in [2.05, 4.69) is 0 Å². The van der Waals surface area contributed by atoms with Crippen LogP contribution in [0.1, 0.15) is 26.2 Å². The lowest BCUT2D eigenvalue weighted by Gasteiger charge is -2.36. The molecule has 1 aromatic rings. The number of sulfonamides is 1. The Morgan fingerprint density at radius 1 is 1.33 bits per heavy atom.